The predicted molar refractivity (Wildman–Crippen MR) is 135 cm³/mol. The average Bonchev–Trinajstić information content (AvgIpc) is 2.83. The largest absolute Gasteiger partial charge is 0.478 e. The number of hydrogen-bond donors (Lipinski definition) is 5. The molecule has 0 aliphatic carbocycles. The first-order valence-corrected chi connectivity index (χ1v) is 11.4. The van der Waals surface area contributed by atoms with E-state index in [1.54, 1.807) is 48.5 Å². The highest BCUT2D eigenvalue weighted by Gasteiger charge is 2.19. The van der Waals surface area contributed by atoms with Crippen LogP contribution < -0.4 is 16.0 Å². The van der Waals surface area contributed by atoms with Crippen molar-refractivity contribution < 1.29 is 34.2 Å². The summed E-state index contributed by atoms with van der Waals surface area (Å²) in [6.45, 7) is 1.40. The maximum atomic E-state index is 12.7. The zero-order chi connectivity index (χ0) is 26.2. The molecule has 5 N–H and O–H groups in total. The van der Waals surface area contributed by atoms with Crippen LogP contribution in [0.3, 0.4) is 0 Å². The Kier molecular flexibility index (Phi) is 8.42. The van der Waals surface area contributed by atoms with Crippen molar-refractivity contribution in [2.75, 3.05) is 21.7 Å². The predicted octanol–water partition coefficient (Wildman–Crippen LogP) is 4.02. The number of thioether (sulfide) groups is 1. The Morgan fingerprint density at radius 1 is 0.722 bits per heavy atom. The van der Waals surface area contributed by atoms with Gasteiger partial charge in [-0.2, -0.15) is 0 Å². The number of benzene rings is 3. The highest BCUT2D eigenvalue weighted by Crippen LogP contribution is 2.23. The maximum Gasteiger partial charge on any atom is 0.336 e. The van der Waals surface area contributed by atoms with E-state index in [0.29, 0.717) is 22.0 Å². The van der Waals surface area contributed by atoms with Gasteiger partial charge in [0.2, 0.25) is 11.8 Å². The quantitative estimate of drug-likeness (QED) is 0.271. The van der Waals surface area contributed by atoms with Gasteiger partial charge in [0.25, 0.3) is 5.91 Å². The van der Waals surface area contributed by atoms with Crippen LogP contribution in [0.5, 0.6) is 0 Å². The van der Waals surface area contributed by atoms with Crippen molar-refractivity contribution in [1.29, 1.82) is 0 Å². The van der Waals surface area contributed by atoms with Crippen LogP contribution in [-0.2, 0) is 9.59 Å². The van der Waals surface area contributed by atoms with Crippen LogP contribution >= 0.6 is 11.8 Å². The first-order chi connectivity index (χ1) is 17.1. The second kappa shape index (κ2) is 11.7. The summed E-state index contributed by atoms with van der Waals surface area (Å²) in [5, 5.41) is 26.4. The summed E-state index contributed by atoms with van der Waals surface area (Å²) >= 11 is 1.23. The molecule has 0 unspecified atom stereocenters. The van der Waals surface area contributed by atoms with E-state index in [9.17, 15) is 29.1 Å². The van der Waals surface area contributed by atoms with E-state index in [4.69, 9.17) is 5.11 Å². The van der Waals surface area contributed by atoms with Gasteiger partial charge in [0.05, 0.1) is 22.4 Å². The molecule has 3 rings (SSSR count). The minimum Gasteiger partial charge on any atom is -0.478 e. The van der Waals surface area contributed by atoms with Crippen molar-refractivity contribution in [3.63, 3.8) is 0 Å². The molecular formula is C25H21N3O7S. The summed E-state index contributed by atoms with van der Waals surface area (Å²) < 4.78 is 0. The third-order valence-electron chi connectivity index (χ3n) is 4.69. The average molecular weight is 508 g/mol. The second-order valence-corrected chi connectivity index (χ2v) is 8.50. The number of rotatable bonds is 9. The molecule has 0 spiro atoms. The first-order valence-electron chi connectivity index (χ1n) is 10.4. The number of carboxylic acid groups (broad SMARTS) is 2. The molecule has 0 saturated heterocycles. The molecule has 0 radical (unpaired) electrons. The molecule has 3 aromatic rings. The number of amides is 3. The van der Waals surface area contributed by atoms with Gasteiger partial charge >= 0.3 is 11.9 Å². The van der Waals surface area contributed by atoms with Gasteiger partial charge < -0.3 is 26.2 Å². The Labute approximate surface area is 209 Å². The van der Waals surface area contributed by atoms with Gasteiger partial charge in [0.1, 0.15) is 0 Å². The van der Waals surface area contributed by atoms with Gasteiger partial charge in [-0.25, -0.2) is 9.59 Å². The molecule has 10 nitrogen and oxygen atoms in total. The van der Waals surface area contributed by atoms with Crippen molar-refractivity contribution in [2.24, 2.45) is 0 Å². The van der Waals surface area contributed by atoms with E-state index in [-0.39, 0.29) is 28.7 Å². The number of hydrogen-bond acceptors (Lipinski definition) is 6. The summed E-state index contributed by atoms with van der Waals surface area (Å²) in [4.78, 5) is 59.4. The lowest BCUT2D eigenvalue weighted by Gasteiger charge is -2.10. The fraction of sp³-hybridized carbons (Fsp3) is 0.0800. The number of aromatic carboxylic acids is 2. The minimum atomic E-state index is -1.43. The van der Waals surface area contributed by atoms with Gasteiger partial charge in [-0.15, -0.1) is 11.8 Å². The van der Waals surface area contributed by atoms with Crippen molar-refractivity contribution >= 4 is 58.5 Å². The molecule has 36 heavy (non-hydrogen) atoms. The smallest absolute Gasteiger partial charge is 0.336 e. The summed E-state index contributed by atoms with van der Waals surface area (Å²) in [7, 11) is 0. The standard InChI is InChI=1S/C25H21N3O7S/c1-14(29)26-16-6-8-17(9-7-16)27-22(30)13-36-19-4-2-3-18(12-19)28-23(31)20-10-5-15(24(32)33)11-21(20)25(34)35/h2-12H,13H2,1H3,(H,26,29)(H,27,30)(H,28,31)(H,32,33)(H,34,35). The molecule has 0 fully saturated rings. The highest BCUT2D eigenvalue weighted by molar-refractivity contribution is 8.00. The Morgan fingerprint density at radius 3 is 2.00 bits per heavy atom. The lowest BCUT2D eigenvalue weighted by molar-refractivity contribution is -0.114. The Bertz CT molecular complexity index is 1340. The fourth-order valence-electron chi connectivity index (χ4n) is 3.10. The Morgan fingerprint density at radius 2 is 1.39 bits per heavy atom. The summed E-state index contributed by atoms with van der Waals surface area (Å²) in [6, 6.07) is 16.5. The molecule has 0 saturated carbocycles. The molecule has 0 aromatic heterocycles. The van der Waals surface area contributed by atoms with Gasteiger partial charge in [-0.05, 0) is 60.7 Å². The number of carbonyl (C=O) groups is 5. The molecule has 0 bridgehead atoms. The second-order valence-electron chi connectivity index (χ2n) is 7.45. The van der Waals surface area contributed by atoms with Crippen LogP contribution in [0.25, 0.3) is 0 Å². The molecule has 0 aliphatic heterocycles. The normalized spacial score (nSPS) is 10.2. The van der Waals surface area contributed by atoms with Crippen molar-refractivity contribution in [2.45, 2.75) is 11.8 Å². The third-order valence-corrected chi connectivity index (χ3v) is 5.69. The number of carbonyl (C=O) groups excluding carboxylic acids is 3. The maximum absolute atomic E-state index is 12.7. The molecular weight excluding hydrogens is 486 g/mol. The zero-order valence-electron chi connectivity index (χ0n) is 18.9. The molecule has 184 valence electrons. The summed E-state index contributed by atoms with van der Waals surface area (Å²) in [5.74, 6) is -3.81. The lowest BCUT2D eigenvalue weighted by Crippen LogP contribution is -2.17. The van der Waals surface area contributed by atoms with Crippen LogP contribution in [0, 0.1) is 0 Å². The molecule has 0 aliphatic rings. The van der Waals surface area contributed by atoms with Gasteiger partial charge in [-0.3, -0.25) is 14.4 Å². The van der Waals surface area contributed by atoms with E-state index < -0.39 is 23.4 Å². The number of anilines is 3. The zero-order valence-corrected chi connectivity index (χ0v) is 19.7. The summed E-state index contributed by atoms with van der Waals surface area (Å²) in [5.41, 5.74) is 0.692. The van der Waals surface area contributed by atoms with Gasteiger partial charge in [0.15, 0.2) is 0 Å². The van der Waals surface area contributed by atoms with Crippen molar-refractivity contribution in [1.82, 2.24) is 0 Å². The van der Waals surface area contributed by atoms with Crippen LogP contribution in [0.15, 0.2) is 71.6 Å². The van der Waals surface area contributed by atoms with Crippen LogP contribution in [0.4, 0.5) is 17.1 Å². The molecule has 3 aromatic carbocycles. The Hall–Kier alpha value is -4.64. The van der Waals surface area contributed by atoms with Crippen LogP contribution in [0.2, 0.25) is 0 Å². The van der Waals surface area contributed by atoms with Crippen LogP contribution in [0.1, 0.15) is 38.0 Å². The molecule has 0 heterocycles. The highest BCUT2D eigenvalue weighted by atomic mass is 32.2. The van der Waals surface area contributed by atoms with E-state index in [0.717, 1.165) is 18.2 Å². The third kappa shape index (κ3) is 7.18. The number of carboxylic acids is 2. The molecule has 11 heteroatoms. The first kappa shape index (κ1) is 26.0. The van der Waals surface area contributed by atoms with Crippen molar-refractivity contribution in [3.8, 4) is 0 Å². The van der Waals surface area contributed by atoms with Gasteiger partial charge in [0, 0.05) is 28.9 Å². The van der Waals surface area contributed by atoms with E-state index in [2.05, 4.69) is 16.0 Å². The van der Waals surface area contributed by atoms with Crippen molar-refractivity contribution in [3.05, 3.63) is 83.4 Å². The number of nitrogens with one attached hydrogen (secondary N) is 3. The van der Waals surface area contributed by atoms with E-state index >= 15 is 0 Å². The fourth-order valence-corrected chi connectivity index (χ4v) is 3.86. The van der Waals surface area contributed by atoms with E-state index in [1.807, 2.05) is 0 Å². The molecule has 3 amide bonds. The van der Waals surface area contributed by atoms with Crippen LogP contribution in [-0.4, -0.2) is 45.6 Å². The monoisotopic (exact) mass is 507 g/mol. The lowest BCUT2D eigenvalue weighted by atomic mass is 10.0. The minimum absolute atomic E-state index is 0.0880. The topological polar surface area (TPSA) is 162 Å². The Balaban J connectivity index is 1.61. The molecule has 0 atom stereocenters. The summed E-state index contributed by atoms with van der Waals surface area (Å²) in [6.07, 6.45) is 0. The SMILES string of the molecule is CC(=O)Nc1ccc(NC(=O)CSc2cccc(NC(=O)c3ccc(C(=O)O)cc3C(=O)O)c2)cc1. The van der Waals surface area contributed by atoms with Gasteiger partial charge in [-0.1, -0.05) is 6.07 Å². The van der Waals surface area contributed by atoms with E-state index in [1.165, 1.54) is 18.7 Å².